The molecule has 0 fully saturated rings. The molecule has 136 valence electrons. The van der Waals surface area contributed by atoms with E-state index in [0.717, 1.165) is 6.07 Å². The summed E-state index contributed by atoms with van der Waals surface area (Å²) in [6.45, 7) is 0. The highest BCUT2D eigenvalue weighted by Crippen LogP contribution is 2.30. The molecular formula is C16H14ClN3O6. The van der Waals surface area contributed by atoms with Gasteiger partial charge in [0.05, 0.1) is 29.9 Å². The van der Waals surface area contributed by atoms with Gasteiger partial charge in [0, 0.05) is 23.9 Å². The number of nitro benzene ring substituents is 1. The van der Waals surface area contributed by atoms with Gasteiger partial charge in [-0.25, -0.2) is 0 Å². The number of ether oxygens (including phenoxy) is 2. The lowest BCUT2D eigenvalue weighted by atomic mass is 10.2. The lowest BCUT2D eigenvalue weighted by Crippen LogP contribution is -2.29. The van der Waals surface area contributed by atoms with Crippen molar-refractivity contribution < 1.29 is 24.0 Å². The van der Waals surface area contributed by atoms with Crippen molar-refractivity contribution in [2.75, 3.05) is 24.9 Å². The number of benzene rings is 2. The number of rotatable bonds is 5. The summed E-state index contributed by atoms with van der Waals surface area (Å²) in [5.74, 6) is -1.20. The van der Waals surface area contributed by atoms with E-state index in [0.29, 0.717) is 17.2 Å². The van der Waals surface area contributed by atoms with Gasteiger partial charge in [-0.15, -0.1) is 0 Å². The minimum absolute atomic E-state index is 0.0478. The number of carbonyl (C=O) groups is 2. The molecule has 0 spiro atoms. The van der Waals surface area contributed by atoms with E-state index in [-0.39, 0.29) is 16.4 Å². The van der Waals surface area contributed by atoms with Crippen molar-refractivity contribution in [3.63, 3.8) is 0 Å². The molecule has 0 aliphatic heterocycles. The van der Waals surface area contributed by atoms with E-state index >= 15 is 0 Å². The molecule has 0 saturated carbocycles. The maximum Gasteiger partial charge on any atom is 0.314 e. The van der Waals surface area contributed by atoms with Gasteiger partial charge in [0.25, 0.3) is 5.69 Å². The van der Waals surface area contributed by atoms with Gasteiger partial charge in [-0.05, 0) is 18.2 Å². The van der Waals surface area contributed by atoms with Crippen LogP contribution in [0.2, 0.25) is 5.02 Å². The fraction of sp³-hybridized carbons (Fsp3) is 0.125. The Kier molecular flexibility index (Phi) is 5.97. The van der Waals surface area contributed by atoms with Gasteiger partial charge < -0.3 is 20.1 Å². The second-order valence-electron chi connectivity index (χ2n) is 4.90. The number of anilines is 2. The Labute approximate surface area is 153 Å². The van der Waals surface area contributed by atoms with E-state index in [1.807, 2.05) is 0 Å². The molecule has 0 unspecified atom stereocenters. The predicted octanol–water partition coefficient (Wildman–Crippen LogP) is 2.84. The number of amides is 2. The van der Waals surface area contributed by atoms with Crippen molar-refractivity contribution in [1.82, 2.24) is 0 Å². The van der Waals surface area contributed by atoms with Gasteiger partial charge in [-0.2, -0.15) is 0 Å². The number of halogens is 1. The maximum atomic E-state index is 12.0. The molecule has 0 aliphatic rings. The van der Waals surface area contributed by atoms with Crippen LogP contribution in [0.4, 0.5) is 17.1 Å². The van der Waals surface area contributed by atoms with Gasteiger partial charge in [0.1, 0.15) is 0 Å². The largest absolute Gasteiger partial charge is 0.493 e. The van der Waals surface area contributed by atoms with Crippen LogP contribution in [-0.2, 0) is 9.59 Å². The Morgan fingerprint density at radius 2 is 1.65 bits per heavy atom. The number of carbonyl (C=O) groups excluding carboxylic acids is 2. The Morgan fingerprint density at radius 1 is 1.00 bits per heavy atom. The summed E-state index contributed by atoms with van der Waals surface area (Å²) < 4.78 is 10.2. The topological polar surface area (TPSA) is 120 Å². The molecule has 2 aromatic carbocycles. The first-order valence-corrected chi connectivity index (χ1v) is 7.51. The summed E-state index contributed by atoms with van der Waals surface area (Å²) in [7, 11) is 2.90. The van der Waals surface area contributed by atoms with Crippen LogP contribution < -0.4 is 20.1 Å². The van der Waals surface area contributed by atoms with Crippen LogP contribution in [0.1, 0.15) is 0 Å². The molecule has 0 bridgehead atoms. The van der Waals surface area contributed by atoms with Crippen molar-refractivity contribution in [3.05, 3.63) is 51.5 Å². The molecule has 9 nitrogen and oxygen atoms in total. The molecule has 0 atom stereocenters. The van der Waals surface area contributed by atoms with Gasteiger partial charge in [0.15, 0.2) is 11.5 Å². The van der Waals surface area contributed by atoms with Crippen molar-refractivity contribution in [2.45, 2.75) is 0 Å². The van der Waals surface area contributed by atoms with E-state index in [2.05, 4.69) is 10.6 Å². The van der Waals surface area contributed by atoms with Crippen LogP contribution in [-0.4, -0.2) is 31.0 Å². The molecule has 2 aromatic rings. The first kappa shape index (κ1) is 19.0. The van der Waals surface area contributed by atoms with E-state index < -0.39 is 16.7 Å². The number of nitrogens with zero attached hydrogens (tertiary/aromatic N) is 1. The van der Waals surface area contributed by atoms with E-state index in [4.69, 9.17) is 21.1 Å². The van der Waals surface area contributed by atoms with E-state index in [9.17, 15) is 19.7 Å². The van der Waals surface area contributed by atoms with Gasteiger partial charge in [-0.3, -0.25) is 19.7 Å². The number of non-ortho nitro benzene ring substituents is 1. The first-order valence-electron chi connectivity index (χ1n) is 7.14. The van der Waals surface area contributed by atoms with Crippen molar-refractivity contribution in [2.24, 2.45) is 0 Å². The molecule has 2 rings (SSSR count). The van der Waals surface area contributed by atoms with Crippen molar-refractivity contribution in [1.29, 1.82) is 0 Å². The Morgan fingerprint density at radius 3 is 2.27 bits per heavy atom. The Hall–Kier alpha value is -3.33. The number of nitro groups is 1. The molecule has 0 aliphatic carbocycles. The number of methoxy groups -OCH3 is 2. The van der Waals surface area contributed by atoms with Gasteiger partial charge in [-0.1, -0.05) is 11.6 Å². The third-order valence-corrected chi connectivity index (χ3v) is 3.59. The van der Waals surface area contributed by atoms with Crippen molar-refractivity contribution >= 4 is 40.5 Å². The summed E-state index contributed by atoms with van der Waals surface area (Å²) in [6, 6.07) is 8.05. The highest BCUT2D eigenvalue weighted by Gasteiger charge is 2.18. The zero-order valence-electron chi connectivity index (χ0n) is 13.7. The molecule has 0 radical (unpaired) electrons. The van der Waals surface area contributed by atoms with Crippen LogP contribution in [0.5, 0.6) is 11.5 Å². The van der Waals surface area contributed by atoms with Crippen LogP contribution in [0, 0.1) is 10.1 Å². The lowest BCUT2D eigenvalue weighted by Gasteiger charge is -2.11. The average Bonchev–Trinajstić information content (AvgIpc) is 2.62. The quantitative estimate of drug-likeness (QED) is 0.468. The maximum absolute atomic E-state index is 12.0. The Bertz CT molecular complexity index is 871. The molecule has 2 amide bonds. The molecule has 0 saturated heterocycles. The fourth-order valence-electron chi connectivity index (χ4n) is 2.00. The normalized spacial score (nSPS) is 9.96. The minimum atomic E-state index is -1.04. The monoisotopic (exact) mass is 379 g/mol. The fourth-order valence-corrected chi connectivity index (χ4v) is 2.17. The number of nitrogens with one attached hydrogen (secondary N) is 2. The highest BCUT2D eigenvalue weighted by atomic mass is 35.5. The number of hydrogen-bond donors (Lipinski definition) is 2. The summed E-state index contributed by atoms with van der Waals surface area (Å²) in [5.41, 5.74) is -0.0220. The zero-order chi connectivity index (χ0) is 19.3. The van der Waals surface area contributed by atoms with Crippen LogP contribution in [0.15, 0.2) is 36.4 Å². The standard InChI is InChI=1S/C16H14ClN3O6/c1-25-13-6-3-9(7-14(13)26-2)18-15(21)16(22)19-12-8-10(20(23)24)4-5-11(12)17/h3-8H,1-2H3,(H,18,21)(H,19,22). The third-order valence-electron chi connectivity index (χ3n) is 3.26. The smallest absolute Gasteiger partial charge is 0.314 e. The van der Waals surface area contributed by atoms with E-state index in [1.54, 1.807) is 6.07 Å². The first-order chi connectivity index (χ1) is 12.3. The highest BCUT2D eigenvalue weighted by molar-refractivity contribution is 6.44. The summed E-state index contributed by atoms with van der Waals surface area (Å²) >= 11 is 5.88. The molecule has 2 N–H and O–H groups in total. The lowest BCUT2D eigenvalue weighted by molar-refractivity contribution is -0.384. The molecule has 26 heavy (non-hydrogen) atoms. The third kappa shape index (κ3) is 4.39. The summed E-state index contributed by atoms with van der Waals surface area (Å²) in [4.78, 5) is 34.2. The molecule has 10 heteroatoms. The second kappa shape index (κ2) is 8.17. The van der Waals surface area contributed by atoms with Crippen LogP contribution in [0.25, 0.3) is 0 Å². The Balaban J connectivity index is 2.12. The van der Waals surface area contributed by atoms with Crippen LogP contribution in [0.3, 0.4) is 0 Å². The summed E-state index contributed by atoms with van der Waals surface area (Å²) in [6.07, 6.45) is 0. The SMILES string of the molecule is COc1ccc(NC(=O)C(=O)Nc2cc([N+](=O)[O-])ccc2Cl)cc1OC. The van der Waals surface area contributed by atoms with Gasteiger partial charge in [0.2, 0.25) is 0 Å². The average molecular weight is 380 g/mol. The van der Waals surface area contributed by atoms with E-state index in [1.165, 1.54) is 38.5 Å². The molecule has 0 heterocycles. The minimum Gasteiger partial charge on any atom is -0.493 e. The van der Waals surface area contributed by atoms with Crippen LogP contribution >= 0.6 is 11.6 Å². The van der Waals surface area contributed by atoms with Gasteiger partial charge >= 0.3 is 11.8 Å². The molecule has 0 aromatic heterocycles. The van der Waals surface area contributed by atoms with Crippen molar-refractivity contribution in [3.8, 4) is 11.5 Å². The second-order valence-corrected chi connectivity index (χ2v) is 5.31. The zero-order valence-corrected chi connectivity index (χ0v) is 14.5. The number of hydrogen-bond acceptors (Lipinski definition) is 6. The summed E-state index contributed by atoms with van der Waals surface area (Å²) in [5, 5.41) is 15.5. The predicted molar refractivity (Wildman–Crippen MR) is 94.9 cm³/mol. The molecular weight excluding hydrogens is 366 g/mol.